The lowest BCUT2D eigenvalue weighted by molar-refractivity contribution is -0.136. The fourth-order valence-corrected chi connectivity index (χ4v) is 14.2. The molecule has 3 aromatic carbocycles. The molecule has 8 aliphatic rings. The van der Waals surface area contributed by atoms with Crippen molar-refractivity contribution in [3.05, 3.63) is 77.2 Å². The van der Waals surface area contributed by atoms with E-state index in [2.05, 4.69) is 48.9 Å². The van der Waals surface area contributed by atoms with Crippen molar-refractivity contribution < 1.29 is 42.5 Å². The number of hydrogen-bond acceptors (Lipinski definition) is 16. The first-order valence-corrected chi connectivity index (χ1v) is 29.8. The Morgan fingerprint density at radius 3 is 2.29 bits per heavy atom. The van der Waals surface area contributed by atoms with Crippen molar-refractivity contribution in [1.29, 1.82) is 0 Å². The van der Waals surface area contributed by atoms with Crippen LogP contribution in [0.2, 0.25) is 0 Å². The number of hydrogen-bond donors (Lipinski definition) is 1. The number of piperidine rings is 2. The van der Waals surface area contributed by atoms with Crippen LogP contribution in [0.5, 0.6) is 11.8 Å². The van der Waals surface area contributed by atoms with Crippen molar-refractivity contribution in [3.8, 4) is 23.0 Å². The van der Waals surface area contributed by atoms with Crippen molar-refractivity contribution in [3.63, 3.8) is 0 Å². The predicted molar refractivity (Wildman–Crippen MR) is 307 cm³/mol. The number of carbonyl (C=O) groups excluding carboxylic acids is 4. The molecule has 19 nitrogen and oxygen atoms in total. The second-order valence-electron chi connectivity index (χ2n) is 25.2. The average Bonchev–Trinajstić information content (AvgIpc) is 3.70. The smallest absolute Gasteiger partial charge is 0.410 e. The number of benzene rings is 3. The summed E-state index contributed by atoms with van der Waals surface area (Å²) in [5, 5.41) is 4.69. The van der Waals surface area contributed by atoms with Gasteiger partial charge in [0.2, 0.25) is 11.8 Å². The van der Waals surface area contributed by atoms with Crippen molar-refractivity contribution in [2.24, 2.45) is 5.41 Å². The van der Waals surface area contributed by atoms with Crippen LogP contribution in [-0.2, 0) is 32.0 Å². The van der Waals surface area contributed by atoms with Gasteiger partial charge in [0.15, 0.2) is 12.6 Å². The van der Waals surface area contributed by atoms with Crippen molar-refractivity contribution in [2.75, 3.05) is 102 Å². The first kappa shape index (κ1) is 54.5. The number of nitrogens with zero attached hydrogens (tertiary/aromatic N) is 10. The topological polar surface area (TPSA) is 179 Å². The number of imide groups is 1. The molecule has 9 heterocycles. The zero-order valence-electron chi connectivity index (χ0n) is 48.0. The quantitative estimate of drug-likeness (QED) is 0.0836. The van der Waals surface area contributed by atoms with Crippen LogP contribution >= 0.6 is 0 Å². The Bertz CT molecular complexity index is 3300. The van der Waals surface area contributed by atoms with Crippen LogP contribution in [-0.4, -0.2) is 192 Å². The first-order valence-electron chi connectivity index (χ1n) is 29.8. The summed E-state index contributed by atoms with van der Waals surface area (Å²) in [5.74, 6) is -0.277. The number of likely N-dealkylation sites (tertiary alicyclic amines) is 2. The van der Waals surface area contributed by atoms with E-state index in [-0.39, 0.29) is 71.7 Å². The van der Waals surface area contributed by atoms with Crippen LogP contribution in [0.3, 0.4) is 0 Å². The number of aryl methyl sites for hydroxylation is 1. The highest BCUT2D eigenvalue weighted by Crippen LogP contribution is 2.48. The molecule has 1 aliphatic carbocycles. The van der Waals surface area contributed by atoms with E-state index in [9.17, 15) is 19.2 Å². The number of carbonyl (C=O) groups is 4. The molecule has 1 N–H and O–H groups in total. The highest BCUT2D eigenvalue weighted by atomic mass is 19.1. The SMILES string of the molecule is CCc1cccc2cc(OCOC)cc(-c3ncc4c(N5CC6CCC(C5)N6C(=O)OC(C)(C)C)nc(OCC5(CN6CCC(N7CC(N8CCN(c9ccc%10c(c9)CN([C@H]9CCC(=O)NC9=O)C%10=O)CC8)C7)CC6)CC5)nc4c3F)c12. The predicted octanol–water partition coefficient (Wildman–Crippen LogP) is 7.01. The van der Waals surface area contributed by atoms with Crippen LogP contribution in [0.4, 0.5) is 20.7 Å². The Labute approximate surface area is 478 Å². The molecule has 3 atom stereocenters. The minimum Gasteiger partial charge on any atom is -0.468 e. The Hall–Kier alpha value is -6.74. The first-order chi connectivity index (χ1) is 39.6. The zero-order chi connectivity index (χ0) is 56.6. The van der Waals surface area contributed by atoms with Gasteiger partial charge in [-0.05, 0) is 137 Å². The molecule has 13 rings (SSSR count). The number of fused-ring (bicyclic) bond motifs is 5. The number of methoxy groups -OCH3 is 1. The van der Waals surface area contributed by atoms with E-state index in [0.29, 0.717) is 72.8 Å². The monoisotopic (exact) mass is 1120 g/mol. The molecule has 0 spiro atoms. The molecule has 5 aromatic rings. The zero-order valence-corrected chi connectivity index (χ0v) is 48.0. The molecule has 1 saturated carbocycles. The lowest BCUT2D eigenvalue weighted by Gasteiger charge is -2.52. The van der Waals surface area contributed by atoms with Gasteiger partial charge in [-0.3, -0.25) is 39.4 Å². The molecule has 82 heavy (non-hydrogen) atoms. The van der Waals surface area contributed by atoms with Crippen LogP contribution in [0.25, 0.3) is 32.9 Å². The van der Waals surface area contributed by atoms with Gasteiger partial charge >= 0.3 is 12.1 Å². The normalized spacial score (nSPS) is 23.6. The maximum absolute atomic E-state index is 17.7. The summed E-state index contributed by atoms with van der Waals surface area (Å²) >= 11 is 0. The molecule has 2 bridgehead atoms. The number of nitrogens with one attached hydrogen (secondary N) is 1. The fraction of sp³-hybridized carbons (Fsp3) is 0.565. The van der Waals surface area contributed by atoms with Crippen LogP contribution in [0.1, 0.15) is 101 Å². The number of aromatic nitrogens is 3. The molecule has 7 aliphatic heterocycles. The summed E-state index contributed by atoms with van der Waals surface area (Å²) in [6.07, 6.45) is 8.73. The molecule has 2 unspecified atom stereocenters. The van der Waals surface area contributed by atoms with Crippen LogP contribution in [0, 0.1) is 11.2 Å². The number of amides is 4. The highest BCUT2D eigenvalue weighted by Gasteiger charge is 2.48. The van der Waals surface area contributed by atoms with E-state index >= 15 is 4.39 Å². The van der Waals surface area contributed by atoms with E-state index in [1.54, 1.807) is 18.2 Å². The second-order valence-corrected chi connectivity index (χ2v) is 25.2. The van der Waals surface area contributed by atoms with Gasteiger partial charge in [-0.15, -0.1) is 0 Å². The number of ether oxygens (including phenoxy) is 4. The van der Waals surface area contributed by atoms with E-state index in [1.807, 2.05) is 62.1 Å². The fourth-order valence-electron chi connectivity index (χ4n) is 14.2. The highest BCUT2D eigenvalue weighted by molar-refractivity contribution is 6.06. The average molecular weight is 1120 g/mol. The van der Waals surface area contributed by atoms with E-state index in [1.165, 1.54) is 0 Å². The Morgan fingerprint density at radius 2 is 1.59 bits per heavy atom. The molecule has 434 valence electrons. The van der Waals surface area contributed by atoms with E-state index < -0.39 is 17.5 Å². The summed E-state index contributed by atoms with van der Waals surface area (Å²) in [6, 6.07) is 16.4. The van der Waals surface area contributed by atoms with Gasteiger partial charge in [-0.25, -0.2) is 9.18 Å². The third-order valence-electron chi connectivity index (χ3n) is 18.7. The third kappa shape index (κ3) is 10.6. The van der Waals surface area contributed by atoms with Gasteiger partial charge in [-0.1, -0.05) is 25.1 Å². The summed E-state index contributed by atoms with van der Waals surface area (Å²) in [6.45, 7) is 18.6. The summed E-state index contributed by atoms with van der Waals surface area (Å²) in [4.78, 5) is 82.0. The van der Waals surface area contributed by atoms with Crippen molar-refractivity contribution >= 4 is 57.0 Å². The van der Waals surface area contributed by atoms with Crippen LogP contribution in [0.15, 0.2) is 54.7 Å². The number of rotatable bonds is 15. The van der Waals surface area contributed by atoms with Gasteiger partial charge in [0.1, 0.15) is 34.4 Å². The molecule has 2 aromatic heterocycles. The van der Waals surface area contributed by atoms with Gasteiger partial charge in [0, 0.05) is 119 Å². The Kier molecular flexibility index (Phi) is 14.5. The maximum Gasteiger partial charge on any atom is 0.410 e. The second kappa shape index (κ2) is 21.8. The lowest BCUT2D eigenvalue weighted by Crippen LogP contribution is -2.66. The summed E-state index contributed by atoms with van der Waals surface area (Å²) in [7, 11) is 1.57. The summed E-state index contributed by atoms with van der Waals surface area (Å²) in [5.41, 5.74) is 4.00. The molecule has 7 fully saturated rings. The van der Waals surface area contributed by atoms with E-state index in [0.717, 1.165) is 131 Å². The van der Waals surface area contributed by atoms with Gasteiger partial charge in [0.05, 0.1) is 24.1 Å². The largest absolute Gasteiger partial charge is 0.468 e. The Morgan fingerprint density at radius 1 is 0.817 bits per heavy atom. The standard InChI is InChI=1S/C62H76FN11O8/c1-6-38-8-7-9-39-27-46(81-37-79-5)28-48(52(38)39)54-53(63)55-49(29-64-54)56(72-31-43-10-11-44(32-72)74(43)60(78)82-61(2,3)4)67-59(66-55)80-36-62(18-19-62)35-68-20-16-41(17-21-68)71-33-45(34-71)70-24-22-69(23-25-70)42-12-13-47-40(26-42)30-73(58(47)77)50-14-15-51(75)65-57(50)76/h7-9,12-13,26-29,41,43-45,50H,6,10-11,14-25,30-37H2,1-5H3,(H,65,75,76)/t43?,44?,50-/m0/s1. The minimum absolute atomic E-state index is 0.0392. The molecular weight excluding hydrogens is 1050 g/mol. The molecule has 20 heteroatoms. The van der Waals surface area contributed by atoms with E-state index in [4.69, 9.17) is 33.9 Å². The number of halogens is 1. The van der Waals surface area contributed by atoms with Crippen molar-refractivity contribution in [2.45, 2.75) is 128 Å². The molecule has 6 saturated heterocycles. The third-order valence-corrected chi connectivity index (χ3v) is 18.7. The Balaban J connectivity index is 0.652. The molecule has 0 radical (unpaired) electrons. The van der Waals surface area contributed by atoms with Crippen LogP contribution < -0.4 is 24.6 Å². The molecule has 4 amide bonds. The van der Waals surface area contributed by atoms with Gasteiger partial charge in [-0.2, -0.15) is 9.97 Å². The number of piperazine rings is 2. The maximum atomic E-state index is 17.7. The van der Waals surface area contributed by atoms with Gasteiger partial charge in [0.25, 0.3) is 5.91 Å². The summed E-state index contributed by atoms with van der Waals surface area (Å²) < 4.78 is 41.5. The number of pyridine rings is 1. The van der Waals surface area contributed by atoms with Gasteiger partial charge < -0.3 is 38.5 Å². The number of anilines is 2. The minimum atomic E-state index is -0.620. The van der Waals surface area contributed by atoms with Crippen molar-refractivity contribution in [1.82, 2.24) is 44.8 Å². The molecular formula is C62H76FN11O8. The lowest BCUT2D eigenvalue weighted by atomic mass is 9.95.